The summed E-state index contributed by atoms with van der Waals surface area (Å²) in [5.41, 5.74) is 0. The van der Waals surface area contributed by atoms with Crippen LogP contribution < -0.4 is 24.0 Å². The summed E-state index contributed by atoms with van der Waals surface area (Å²) in [7, 11) is 4.54. The van der Waals surface area contributed by atoms with Gasteiger partial charge in [0.1, 0.15) is 0 Å². The number of amides is 1. The van der Waals surface area contributed by atoms with E-state index in [0.29, 0.717) is 5.91 Å². The van der Waals surface area contributed by atoms with Gasteiger partial charge in [0.05, 0.1) is 33.7 Å². The molecule has 0 aromatic rings. The average Bonchev–Trinajstić information content (AvgIpc) is 2.66. The molecule has 1 fully saturated rings. The Kier molecular flexibility index (Phi) is 13.5. The van der Waals surface area contributed by atoms with Crippen LogP contribution in [0.5, 0.6) is 0 Å². The zero-order chi connectivity index (χ0) is 16.3. The Bertz CT molecular complexity index is 308. The molecule has 1 aliphatic heterocycles. The van der Waals surface area contributed by atoms with Crippen molar-refractivity contribution >= 4 is 5.91 Å². The van der Waals surface area contributed by atoms with Gasteiger partial charge in [-0.15, -0.1) is 0 Å². The largest absolute Gasteiger partial charge is 1.00 e. The summed E-state index contributed by atoms with van der Waals surface area (Å²) in [5, 5.41) is 0. The standard InChI is InChI=1S/C19H39N2O.HI/c1-4-5-6-7-8-9-10-11-12-14-19(22)20-15-13-17-21(2,3)18-16-20;/h4-18H2,1-3H3;1H/q+1;/p-1. The van der Waals surface area contributed by atoms with E-state index in [1.807, 2.05) is 0 Å². The van der Waals surface area contributed by atoms with E-state index >= 15 is 0 Å². The lowest BCUT2D eigenvalue weighted by Gasteiger charge is -2.28. The van der Waals surface area contributed by atoms with Crippen molar-refractivity contribution in [2.75, 3.05) is 40.3 Å². The molecule has 0 aromatic heterocycles. The highest BCUT2D eigenvalue weighted by atomic mass is 127. The van der Waals surface area contributed by atoms with Crippen LogP contribution in [0.25, 0.3) is 0 Å². The maximum atomic E-state index is 12.3. The van der Waals surface area contributed by atoms with Crippen LogP contribution in [0.1, 0.15) is 77.6 Å². The minimum atomic E-state index is 0. The lowest BCUT2D eigenvalue weighted by Crippen LogP contribution is -3.00. The molecule has 0 bridgehead atoms. The Morgan fingerprint density at radius 2 is 1.43 bits per heavy atom. The van der Waals surface area contributed by atoms with Crippen LogP contribution in [0, 0.1) is 0 Å². The van der Waals surface area contributed by atoms with Crippen LogP contribution in [-0.2, 0) is 4.79 Å². The third-order valence-corrected chi connectivity index (χ3v) is 5.01. The van der Waals surface area contributed by atoms with Crippen molar-refractivity contribution in [2.45, 2.75) is 77.6 Å². The van der Waals surface area contributed by atoms with Gasteiger partial charge >= 0.3 is 0 Å². The van der Waals surface area contributed by atoms with E-state index in [1.54, 1.807) is 0 Å². The molecule has 3 nitrogen and oxygen atoms in total. The minimum absolute atomic E-state index is 0. The summed E-state index contributed by atoms with van der Waals surface area (Å²) in [4.78, 5) is 14.4. The van der Waals surface area contributed by atoms with Crippen molar-refractivity contribution < 1.29 is 33.3 Å². The van der Waals surface area contributed by atoms with Crippen LogP contribution in [-0.4, -0.2) is 55.6 Å². The van der Waals surface area contributed by atoms with Crippen molar-refractivity contribution in [2.24, 2.45) is 0 Å². The summed E-state index contributed by atoms with van der Waals surface area (Å²) in [6, 6.07) is 0. The Labute approximate surface area is 161 Å². The number of unbranched alkanes of at least 4 members (excludes halogenated alkanes) is 8. The number of halogens is 1. The molecule has 0 N–H and O–H groups in total. The fourth-order valence-corrected chi connectivity index (χ4v) is 3.30. The topological polar surface area (TPSA) is 20.3 Å². The maximum Gasteiger partial charge on any atom is 0.222 e. The van der Waals surface area contributed by atoms with Gasteiger partial charge in [-0.2, -0.15) is 0 Å². The molecule has 1 amide bonds. The second-order valence-electron chi connectivity index (χ2n) is 7.70. The summed E-state index contributed by atoms with van der Waals surface area (Å²) in [6.45, 7) is 6.48. The molecule has 0 unspecified atom stereocenters. The lowest BCUT2D eigenvalue weighted by atomic mass is 10.1. The second-order valence-corrected chi connectivity index (χ2v) is 7.70. The highest BCUT2D eigenvalue weighted by Crippen LogP contribution is 2.13. The molecule has 0 atom stereocenters. The van der Waals surface area contributed by atoms with Crippen molar-refractivity contribution in [1.82, 2.24) is 4.90 Å². The third-order valence-electron chi connectivity index (χ3n) is 5.01. The quantitative estimate of drug-likeness (QED) is 0.286. The van der Waals surface area contributed by atoms with Gasteiger partial charge in [-0.3, -0.25) is 4.79 Å². The molecule has 1 rings (SSSR count). The molecule has 0 aliphatic carbocycles. The number of rotatable bonds is 10. The predicted molar refractivity (Wildman–Crippen MR) is 94.9 cm³/mol. The Morgan fingerprint density at radius 3 is 2.04 bits per heavy atom. The first-order chi connectivity index (χ1) is 10.5. The van der Waals surface area contributed by atoms with Crippen LogP contribution in [0.3, 0.4) is 0 Å². The molecular formula is C19H39IN2O. The predicted octanol–water partition coefficient (Wildman–Crippen LogP) is 1.22. The average molecular weight is 438 g/mol. The number of hydrogen-bond acceptors (Lipinski definition) is 1. The van der Waals surface area contributed by atoms with Gasteiger partial charge in [-0.25, -0.2) is 0 Å². The summed E-state index contributed by atoms with van der Waals surface area (Å²) in [6.07, 6.45) is 13.8. The van der Waals surface area contributed by atoms with Gasteiger partial charge in [-0.1, -0.05) is 58.3 Å². The number of hydrogen-bond donors (Lipinski definition) is 0. The lowest BCUT2D eigenvalue weighted by molar-refractivity contribution is -0.888. The van der Waals surface area contributed by atoms with Crippen molar-refractivity contribution in [3.63, 3.8) is 0 Å². The summed E-state index contributed by atoms with van der Waals surface area (Å²) >= 11 is 0. The molecule has 138 valence electrons. The molecule has 23 heavy (non-hydrogen) atoms. The normalized spacial score (nSPS) is 17.4. The fourth-order valence-electron chi connectivity index (χ4n) is 3.30. The SMILES string of the molecule is CCCCCCCCCCCC(=O)N1CCC[N+](C)(C)CC1.[I-]. The molecule has 0 radical (unpaired) electrons. The fraction of sp³-hybridized carbons (Fsp3) is 0.947. The number of carbonyl (C=O) groups excluding carboxylic acids is 1. The molecule has 1 aliphatic rings. The van der Waals surface area contributed by atoms with E-state index in [-0.39, 0.29) is 24.0 Å². The smallest absolute Gasteiger partial charge is 0.222 e. The highest BCUT2D eigenvalue weighted by Gasteiger charge is 2.23. The van der Waals surface area contributed by atoms with Gasteiger partial charge in [0.15, 0.2) is 0 Å². The van der Waals surface area contributed by atoms with Gasteiger partial charge in [0.2, 0.25) is 5.91 Å². The molecule has 1 saturated heterocycles. The van der Waals surface area contributed by atoms with Crippen LogP contribution in [0.4, 0.5) is 0 Å². The molecule has 0 spiro atoms. The van der Waals surface area contributed by atoms with E-state index in [9.17, 15) is 4.79 Å². The molecular weight excluding hydrogens is 399 g/mol. The van der Waals surface area contributed by atoms with Crippen molar-refractivity contribution in [3.8, 4) is 0 Å². The van der Waals surface area contributed by atoms with Crippen molar-refractivity contribution in [3.05, 3.63) is 0 Å². The zero-order valence-corrected chi connectivity index (χ0v) is 17.9. The van der Waals surface area contributed by atoms with E-state index in [1.165, 1.54) is 57.9 Å². The number of carbonyl (C=O) groups is 1. The molecule has 4 heteroatoms. The first-order valence-corrected chi connectivity index (χ1v) is 9.65. The van der Waals surface area contributed by atoms with E-state index in [2.05, 4.69) is 25.9 Å². The first kappa shape index (κ1) is 23.2. The maximum absolute atomic E-state index is 12.3. The Morgan fingerprint density at radius 1 is 0.870 bits per heavy atom. The van der Waals surface area contributed by atoms with Crippen LogP contribution in [0.15, 0.2) is 0 Å². The Balaban J connectivity index is 0.00000484. The number of nitrogens with zero attached hydrogens (tertiary/aromatic N) is 2. The highest BCUT2D eigenvalue weighted by molar-refractivity contribution is 5.76. The van der Waals surface area contributed by atoms with E-state index in [4.69, 9.17) is 0 Å². The van der Waals surface area contributed by atoms with E-state index in [0.717, 1.165) is 43.4 Å². The van der Waals surface area contributed by atoms with Crippen LogP contribution >= 0.6 is 0 Å². The zero-order valence-electron chi connectivity index (χ0n) is 15.8. The molecule has 0 aromatic carbocycles. The Hall–Kier alpha value is 0.160. The first-order valence-electron chi connectivity index (χ1n) is 9.65. The van der Waals surface area contributed by atoms with Crippen LogP contribution in [0.2, 0.25) is 0 Å². The summed E-state index contributed by atoms with van der Waals surface area (Å²) < 4.78 is 1.06. The minimum Gasteiger partial charge on any atom is -1.00 e. The van der Waals surface area contributed by atoms with Gasteiger partial charge in [0, 0.05) is 19.4 Å². The van der Waals surface area contributed by atoms with Gasteiger partial charge in [-0.05, 0) is 6.42 Å². The third kappa shape index (κ3) is 11.4. The summed E-state index contributed by atoms with van der Waals surface area (Å²) in [5.74, 6) is 0.393. The van der Waals surface area contributed by atoms with Crippen molar-refractivity contribution in [1.29, 1.82) is 0 Å². The molecule has 1 heterocycles. The molecule has 0 saturated carbocycles. The number of quaternary nitrogens is 1. The second kappa shape index (κ2) is 13.5. The van der Waals surface area contributed by atoms with Gasteiger partial charge in [0.25, 0.3) is 0 Å². The van der Waals surface area contributed by atoms with Gasteiger partial charge < -0.3 is 33.4 Å². The monoisotopic (exact) mass is 438 g/mol. The number of likely N-dealkylation sites (N-methyl/N-ethyl adjacent to an activating group) is 1. The van der Waals surface area contributed by atoms with E-state index < -0.39 is 0 Å².